The van der Waals surface area contributed by atoms with E-state index in [2.05, 4.69) is 5.32 Å². The number of carbonyl (C=O) groups excluding carboxylic acids is 1. The van der Waals surface area contributed by atoms with Gasteiger partial charge in [0.2, 0.25) is 5.91 Å². The Hall–Kier alpha value is -4.02. The van der Waals surface area contributed by atoms with Crippen molar-refractivity contribution >= 4 is 23.3 Å². The zero-order valence-electron chi connectivity index (χ0n) is 15.2. The number of amides is 1. The number of carbonyl (C=O) groups is 2. The molecule has 2 aromatic rings. The van der Waals surface area contributed by atoms with Crippen molar-refractivity contribution in [3.63, 3.8) is 0 Å². The molecule has 152 valence electrons. The Kier molecular flexibility index (Phi) is 6.80. The highest BCUT2D eigenvalue weighted by atomic mass is 16.6. The molecule has 0 radical (unpaired) electrons. The van der Waals surface area contributed by atoms with Gasteiger partial charge in [-0.15, -0.1) is 0 Å². The second-order valence-corrected chi connectivity index (χ2v) is 6.02. The van der Waals surface area contributed by atoms with Crippen molar-refractivity contribution in [1.82, 2.24) is 5.32 Å². The van der Waals surface area contributed by atoms with Crippen molar-refractivity contribution < 1.29 is 29.3 Å². The summed E-state index contributed by atoms with van der Waals surface area (Å²) in [5.74, 6) is -1.76. The summed E-state index contributed by atoms with van der Waals surface area (Å²) >= 11 is 0. The zero-order chi connectivity index (χ0) is 21.6. The van der Waals surface area contributed by atoms with Gasteiger partial charge < -0.3 is 15.2 Å². The van der Waals surface area contributed by atoms with Crippen molar-refractivity contribution in [2.75, 3.05) is 7.11 Å². The number of hydrogen-bond acceptors (Lipinski definition) is 7. The number of nitro groups is 2. The molecular formula is C18H17N3O8. The largest absolute Gasteiger partial charge is 0.496 e. The highest BCUT2D eigenvalue weighted by Crippen LogP contribution is 2.25. The molecule has 0 aliphatic heterocycles. The average Bonchev–Trinajstić information content (AvgIpc) is 2.67. The minimum Gasteiger partial charge on any atom is -0.496 e. The molecule has 29 heavy (non-hydrogen) atoms. The third-order valence-electron chi connectivity index (χ3n) is 4.02. The number of rotatable bonds is 9. The number of ether oxygens (including phenoxy) is 1. The van der Waals surface area contributed by atoms with Crippen LogP contribution in [0, 0.1) is 20.2 Å². The van der Waals surface area contributed by atoms with Gasteiger partial charge in [0.15, 0.2) is 0 Å². The average molecular weight is 403 g/mol. The van der Waals surface area contributed by atoms with E-state index in [4.69, 9.17) is 4.74 Å². The summed E-state index contributed by atoms with van der Waals surface area (Å²) in [4.78, 5) is 44.4. The predicted molar refractivity (Wildman–Crippen MR) is 99.7 cm³/mol. The maximum absolute atomic E-state index is 12.2. The number of aliphatic carboxylic acids is 1. The summed E-state index contributed by atoms with van der Waals surface area (Å²) in [5.41, 5.74) is 0.151. The molecule has 0 unspecified atom stereocenters. The lowest BCUT2D eigenvalue weighted by Crippen LogP contribution is -2.43. The first-order chi connectivity index (χ1) is 13.7. The minimum atomic E-state index is -1.38. The number of methoxy groups -OCH3 is 1. The van der Waals surface area contributed by atoms with Crippen LogP contribution in [-0.2, 0) is 22.4 Å². The van der Waals surface area contributed by atoms with E-state index in [-0.39, 0.29) is 35.5 Å². The number of carboxylic acid groups (broad SMARTS) is 1. The molecule has 1 atom stereocenters. The maximum atomic E-state index is 12.2. The number of non-ortho nitro benzene ring substituents is 2. The molecule has 1 amide bonds. The molecule has 0 spiro atoms. The predicted octanol–water partition coefficient (Wildman–Crippen LogP) is 1.87. The number of hydrogen-bond donors (Lipinski definition) is 2. The molecule has 2 N–H and O–H groups in total. The SMILES string of the molecule is COc1ccc([N+](=O)[O-])cc1C[C@@H](NC(=O)Cc1cccc([N+](=O)[O-])c1)C(=O)O. The first-order valence-electron chi connectivity index (χ1n) is 8.28. The number of carboxylic acids is 1. The van der Waals surface area contributed by atoms with Crippen molar-refractivity contribution in [3.8, 4) is 5.75 Å². The van der Waals surface area contributed by atoms with E-state index in [1.807, 2.05) is 0 Å². The van der Waals surface area contributed by atoms with Crippen molar-refractivity contribution in [2.45, 2.75) is 18.9 Å². The number of nitro benzene ring substituents is 2. The summed E-state index contributed by atoms with van der Waals surface area (Å²) in [5, 5.41) is 33.5. The van der Waals surface area contributed by atoms with E-state index in [1.54, 1.807) is 0 Å². The zero-order valence-corrected chi connectivity index (χ0v) is 15.2. The van der Waals surface area contributed by atoms with Crippen LogP contribution in [0.2, 0.25) is 0 Å². The monoisotopic (exact) mass is 403 g/mol. The van der Waals surface area contributed by atoms with Gasteiger partial charge >= 0.3 is 5.97 Å². The fraction of sp³-hybridized carbons (Fsp3) is 0.222. The van der Waals surface area contributed by atoms with E-state index in [1.165, 1.54) is 49.6 Å². The van der Waals surface area contributed by atoms with Crippen LogP contribution in [0.25, 0.3) is 0 Å². The molecule has 0 aliphatic carbocycles. The van der Waals surface area contributed by atoms with Crippen LogP contribution in [0.4, 0.5) is 11.4 Å². The molecule has 0 saturated carbocycles. The summed E-state index contributed by atoms with van der Waals surface area (Å²) < 4.78 is 5.10. The third-order valence-corrected chi connectivity index (χ3v) is 4.02. The van der Waals surface area contributed by atoms with Crippen LogP contribution >= 0.6 is 0 Å². The Morgan fingerprint density at radius 3 is 2.34 bits per heavy atom. The van der Waals surface area contributed by atoms with Crippen LogP contribution in [0.15, 0.2) is 42.5 Å². The minimum absolute atomic E-state index is 0.189. The second-order valence-electron chi connectivity index (χ2n) is 6.02. The molecule has 0 fully saturated rings. The smallest absolute Gasteiger partial charge is 0.326 e. The quantitative estimate of drug-likeness (QED) is 0.473. The Morgan fingerprint density at radius 1 is 1.10 bits per heavy atom. The van der Waals surface area contributed by atoms with Crippen molar-refractivity contribution in [2.24, 2.45) is 0 Å². The fourth-order valence-electron chi connectivity index (χ4n) is 2.67. The first kappa shape index (κ1) is 21.3. The number of benzene rings is 2. The standard InChI is InChI=1S/C18H17N3O8/c1-29-16-6-5-14(21(27)28)9-12(16)10-15(18(23)24)19-17(22)8-11-3-2-4-13(7-11)20(25)26/h2-7,9,15H,8,10H2,1H3,(H,19,22)(H,23,24)/t15-/m1/s1. The van der Waals surface area contributed by atoms with Gasteiger partial charge in [-0.05, 0) is 11.6 Å². The highest BCUT2D eigenvalue weighted by Gasteiger charge is 2.24. The topological polar surface area (TPSA) is 162 Å². The molecular weight excluding hydrogens is 386 g/mol. The molecule has 2 rings (SSSR count). The van der Waals surface area contributed by atoms with Crippen LogP contribution < -0.4 is 10.1 Å². The van der Waals surface area contributed by atoms with E-state index in [0.717, 1.165) is 0 Å². The van der Waals surface area contributed by atoms with Crippen molar-refractivity contribution in [1.29, 1.82) is 0 Å². The Bertz CT molecular complexity index is 960. The maximum Gasteiger partial charge on any atom is 0.326 e. The Labute approximate surface area is 164 Å². The molecule has 11 heteroatoms. The molecule has 0 bridgehead atoms. The van der Waals surface area contributed by atoms with Crippen LogP contribution in [-0.4, -0.2) is 40.0 Å². The fourth-order valence-corrected chi connectivity index (χ4v) is 2.67. The molecule has 0 aromatic heterocycles. The van der Waals surface area contributed by atoms with Crippen LogP contribution in [0.5, 0.6) is 5.75 Å². The Balaban J connectivity index is 2.16. The first-order valence-corrected chi connectivity index (χ1v) is 8.28. The molecule has 11 nitrogen and oxygen atoms in total. The van der Waals surface area contributed by atoms with Gasteiger partial charge in [-0.1, -0.05) is 12.1 Å². The van der Waals surface area contributed by atoms with E-state index >= 15 is 0 Å². The molecule has 2 aromatic carbocycles. The van der Waals surface area contributed by atoms with Gasteiger partial charge in [-0.2, -0.15) is 0 Å². The van der Waals surface area contributed by atoms with Gasteiger partial charge in [-0.25, -0.2) is 4.79 Å². The van der Waals surface area contributed by atoms with Gasteiger partial charge in [0.25, 0.3) is 11.4 Å². The summed E-state index contributed by atoms with van der Waals surface area (Å²) in [6.45, 7) is 0. The van der Waals surface area contributed by atoms with E-state index < -0.39 is 27.8 Å². The van der Waals surface area contributed by atoms with E-state index in [9.17, 15) is 34.9 Å². The lowest BCUT2D eigenvalue weighted by atomic mass is 10.0. The lowest BCUT2D eigenvalue weighted by Gasteiger charge is -2.16. The molecule has 0 aliphatic rings. The van der Waals surface area contributed by atoms with Crippen LogP contribution in [0.3, 0.4) is 0 Å². The molecule has 0 heterocycles. The lowest BCUT2D eigenvalue weighted by molar-refractivity contribution is -0.385. The van der Waals surface area contributed by atoms with Crippen LogP contribution in [0.1, 0.15) is 11.1 Å². The summed E-state index contributed by atoms with van der Waals surface area (Å²) in [7, 11) is 1.33. The Morgan fingerprint density at radius 2 is 1.76 bits per heavy atom. The van der Waals surface area contributed by atoms with Crippen molar-refractivity contribution in [3.05, 3.63) is 73.8 Å². The van der Waals surface area contributed by atoms with Gasteiger partial charge in [-0.3, -0.25) is 25.0 Å². The van der Waals surface area contributed by atoms with Gasteiger partial charge in [0.05, 0.1) is 23.4 Å². The molecule has 0 saturated heterocycles. The van der Waals surface area contributed by atoms with E-state index in [0.29, 0.717) is 5.56 Å². The third kappa shape index (κ3) is 5.73. The van der Waals surface area contributed by atoms with Gasteiger partial charge in [0.1, 0.15) is 11.8 Å². The highest BCUT2D eigenvalue weighted by molar-refractivity contribution is 5.85. The number of nitrogens with one attached hydrogen (secondary N) is 1. The van der Waals surface area contributed by atoms with Gasteiger partial charge in [0, 0.05) is 36.2 Å². The number of nitrogens with zero attached hydrogens (tertiary/aromatic N) is 2. The second kappa shape index (κ2) is 9.26. The summed E-state index contributed by atoms with van der Waals surface area (Å²) in [6.07, 6.45) is -0.515. The normalized spacial score (nSPS) is 11.3. The summed E-state index contributed by atoms with van der Waals surface area (Å²) in [6, 6.07) is 7.79.